The van der Waals surface area contributed by atoms with Gasteiger partial charge in [-0.25, -0.2) is 9.67 Å². The molecule has 8 nitrogen and oxygen atoms in total. The van der Waals surface area contributed by atoms with Gasteiger partial charge in [0.2, 0.25) is 0 Å². The van der Waals surface area contributed by atoms with Crippen molar-refractivity contribution in [2.75, 3.05) is 26.3 Å². The molecule has 0 aliphatic carbocycles. The van der Waals surface area contributed by atoms with Crippen LogP contribution in [-0.4, -0.2) is 63.0 Å². The molecule has 4 heterocycles. The average molecular weight is 386 g/mol. The monoisotopic (exact) mass is 386 g/mol. The summed E-state index contributed by atoms with van der Waals surface area (Å²) in [5.41, 5.74) is 1.08. The van der Waals surface area contributed by atoms with Crippen molar-refractivity contribution in [2.45, 2.75) is 39.7 Å². The number of nitrogens with zero attached hydrogens (tertiary/aromatic N) is 4. The number of carboxylic acid groups (broad SMARTS) is 1. The third kappa shape index (κ3) is 2.78. The van der Waals surface area contributed by atoms with Crippen LogP contribution in [0.15, 0.2) is 12.3 Å². The van der Waals surface area contributed by atoms with Crippen molar-refractivity contribution in [3.05, 3.63) is 23.5 Å². The Morgan fingerprint density at radius 1 is 1.46 bits per heavy atom. The highest BCUT2D eigenvalue weighted by molar-refractivity contribution is 6.06. The topological polar surface area (TPSA) is 97.6 Å². The summed E-state index contributed by atoms with van der Waals surface area (Å²) in [7, 11) is 0. The summed E-state index contributed by atoms with van der Waals surface area (Å²) in [5.74, 6) is -1.17. The lowest BCUT2D eigenvalue weighted by molar-refractivity contribution is -0.157. The van der Waals surface area contributed by atoms with Crippen molar-refractivity contribution in [3.8, 4) is 0 Å². The number of carbonyl (C=O) groups excluding carboxylic acids is 1. The van der Waals surface area contributed by atoms with Crippen LogP contribution in [0.2, 0.25) is 0 Å². The van der Waals surface area contributed by atoms with E-state index < -0.39 is 11.4 Å². The van der Waals surface area contributed by atoms with E-state index in [9.17, 15) is 14.7 Å². The van der Waals surface area contributed by atoms with Gasteiger partial charge in [0.25, 0.3) is 5.91 Å². The molecule has 0 radical (unpaired) electrons. The second-order valence-corrected chi connectivity index (χ2v) is 8.06. The number of amides is 1. The first-order valence-corrected chi connectivity index (χ1v) is 9.82. The van der Waals surface area contributed by atoms with Gasteiger partial charge in [-0.1, -0.05) is 6.92 Å². The van der Waals surface area contributed by atoms with E-state index >= 15 is 0 Å². The molecule has 8 heteroatoms. The van der Waals surface area contributed by atoms with Gasteiger partial charge in [-0.15, -0.1) is 0 Å². The van der Waals surface area contributed by atoms with Crippen molar-refractivity contribution in [1.29, 1.82) is 0 Å². The summed E-state index contributed by atoms with van der Waals surface area (Å²) >= 11 is 0. The van der Waals surface area contributed by atoms with E-state index in [1.165, 1.54) is 0 Å². The Balaban J connectivity index is 1.72. The number of aryl methyl sites for hydroxylation is 1. The zero-order chi connectivity index (χ0) is 20.1. The van der Waals surface area contributed by atoms with Gasteiger partial charge < -0.3 is 14.7 Å². The fourth-order valence-electron chi connectivity index (χ4n) is 4.44. The Morgan fingerprint density at radius 2 is 2.25 bits per heavy atom. The van der Waals surface area contributed by atoms with Crippen molar-refractivity contribution < 1.29 is 19.4 Å². The van der Waals surface area contributed by atoms with Crippen molar-refractivity contribution in [3.63, 3.8) is 0 Å². The summed E-state index contributed by atoms with van der Waals surface area (Å²) in [6.07, 6.45) is 3.04. The third-order valence-corrected chi connectivity index (χ3v) is 6.35. The highest BCUT2D eigenvalue weighted by Crippen LogP contribution is 2.43. The zero-order valence-electron chi connectivity index (χ0n) is 16.5. The Kier molecular flexibility index (Phi) is 4.61. The first kappa shape index (κ1) is 18.9. The fourth-order valence-corrected chi connectivity index (χ4v) is 4.44. The molecule has 2 aromatic heterocycles. The average Bonchev–Trinajstić information content (AvgIpc) is 3.28. The standard InChI is InChI=1S/C20H26N4O4/c1-4-13(3)24-17-16(8-21-24)15(7-12(2)22-17)18(25)23-9-14-10-28-6-5-20(14,11-23)19(26)27/h7-8,13-14H,4-6,9-11H2,1-3H3,(H,26,27)/t13?,14-,20+/m0/s1. The Labute approximate surface area is 163 Å². The molecule has 0 bridgehead atoms. The lowest BCUT2D eigenvalue weighted by Gasteiger charge is -2.33. The maximum absolute atomic E-state index is 13.4. The molecule has 2 fully saturated rings. The number of carboxylic acids is 1. The quantitative estimate of drug-likeness (QED) is 0.866. The Hall–Kier alpha value is -2.48. The maximum atomic E-state index is 13.4. The van der Waals surface area contributed by atoms with E-state index in [0.29, 0.717) is 42.8 Å². The van der Waals surface area contributed by atoms with Gasteiger partial charge in [0.15, 0.2) is 5.65 Å². The minimum absolute atomic E-state index is 0.158. The summed E-state index contributed by atoms with van der Waals surface area (Å²) in [4.78, 5) is 31.7. The summed E-state index contributed by atoms with van der Waals surface area (Å²) in [5, 5.41) is 15.0. The van der Waals surface area contributed by atoms with Crippen LogP contribution in [0.5, 0.6) is 0 Å². The molecule has 2 aliphatic heterocycles. The van der Waals surface area contributed by atoms with Gasteiger partial charge in [0.1, 0.15) is 0 Å². The molecule has 0 aromatic carbocycles. The molecule has 1 N–H and O–H groups in total. The third-order valence-electron chi connectivity index (χ3n) is 6.35. The van der Waals surface area contributed by atoms with E-state index in [-0.39, 0.29) is 24.4 Å². The molecule has 1 unspecified atom stereocenters. The van der Waals surface area contributed by atoms with Crippen molar-refractivity contribution in [1.82, 2.24) is 19.7 Å². The second-order valence-electron chi connectivity index (χ2n) is 8.06. The van der Waals surface area contributed by atoms with Crippen molar-refractivity contribution in [2.24, 2.45) is 11.3 Å². The highest BCUT2D eigenvalue weighted by atomic mass is 16.5. The van der Waals surface area contributed by atoms with Crippen LogP contribution in [0.3, 0.4) is 0 Å². The molecule has 3 atom stereocenters. The second kappa shape index (κ2) is 6.84. The molecule has 4 rings (SSSR count). The number of likely N-dealkylation sites (tertiary alicyclic amines) is 1. The number of carbonyl (C=O) groups is 2. The van der Waals surface area contributed by atoms with E-state index in [4.69, 9.17) is 4.74 Å². The van der Waals surface area contributed by atoms with Crippen LogP contribution >= 0.6 is 0 Å². The normalized spacial score (nSPS) is 25.7. The molecule has 28 heavy (non-hydrogen) atoms. The van der Waals surface area contributed by atoms with Crippen LogP contribution < -0.4 is 0 Å². The summed E-state index contributed by atoms with van der Waals surface area (Å²) in [6.45, 7) is 7.43. The molecule has 2 saturated heterocycles. The van der Waals surface area contributed by atoms with E-state index in [2.05, 4.69) is 23.9 Å². The lowest BCUT2D eigenvalue weighted by atomic mass is 9.74. The molecule has 2 aromatic rings. The van der Waals surface area contributed by atoms with Gasteiger partial charge in [0, 0.05) is 31.3 Å². The molecule has 1 amide bonds. The molecule has 150 valence electrons. The molecular weight excluding hydrogens is 360 g/mol. The number of rotatable bonds is 4. The summed E-state index contributed by atoms with van der Waals surface area (Å²) in [6, 6.07) is 1.95. The maximum Gasteiger partial charge on any atom is 0.311 e. The predicted molar refractivity (Wildman–Crippen MR) is 102 cm³/mol. The first-order chi connectivity index (χ1) is 13.4. The minimum atomic E-state index is -0.907. The lowest BCUT2D eigenvalue weighted by Crippen LogP contribution is -2.45. The molecule has 0 spiro atoms. The number of aliphatic carboxylic acids is 1. The largest absolute Gasteiger partial charge is 0.481 e. The van der Waals surface area contributed by atoms with Gasteiger partial charge in [-0.05, 0) is 32.8 Å². The SMILES string of the molecule is CCC(C)n1ncc2c(C(=O)N3C[C@H]4COCC[C@@]4(C(=O)O)C3)cc(C)nc21. The van der Waals surface area contributed by atoms with Crippen LogP contribution in [0.25, 0.3) is 11.0 Å². The number of aromatic nitrogens is 3. The van der Waals surface area contributed by atoms with Crippen LogP contribution in [0, 0.1) is 18.3 Å². The van der Waals surface area contributed by atoms with Gasteiger partial charge in [-0.3, -0.25) is 9.59 Å². The Bertz CT molecular complexity index is 940. The van der Waals surface area contributed by atoms with Crippen LogP contribution in [0.4, 0.5) is 0 Å². The number of fused-ring (bicyclic) bond motifs is 2. The fraction of sp³-hybridized carbons (Fsp3) is 0.600. The predicted octanol–water partition coefficient (Wildman–Crippen LogP) is 2.27. The first-order valence-electron chi connectivity index (χ1n) is 9.82. The van der Waals surface area contributed by atoms with E-state index in [0.717, 1.165) is 12.1 Å². The summed E-state index contributed by atoms with van der Waals surface area (Å²) < 4.78 is 7.36. The number of ether oxygens (including phenoxy) is 1. The Morgan fingerprint density at radius 3 is 2.93 bits per heavy atom. The number of hydrogen-bond donors (Lipinski definition) is 1. The van der Waals surface area contributed by atoms with Gasteiger partial charge >= 0.3 is 5.97 Å². The van der Waals surface area contributed by atoms with Gasteiger partial charge in [-0.2, -0.15) is 5.10 Å². The zero-order valence-corrected chi connectivity index (χ0v) is 16.5. The highest BCUT2D eigenvalue weighted by Gasteiger charge is 2.55. The number of pyridine rings is 1. The van der Waals surface area contributed by atoms with Crippen molar-refractivity contribution >= 4 is 22.9 Å². The number of hydrogen-bond acceptors (Lipinski definition) is 5. The minimum Gasteiger partial charge on any atom is -0.481 e. The van der Waals surface area contributed by atoms with Gasteiger partial charge in [0.05, 0.1) is 35.2 Å². The van der Waals surface area contributed by atoms with Crippen LogP contribution in [-0.2, 0) is 9.53 Å². The van der Waals surface area contributed by atoms with Crippen LogP contribution in [0.1, 0.15) is 48.8 Å². The molecule has 2 aliphatic rings. The smallest absolute Gasteiger partial charge is 0.311 e. The van der Waals surface area contributed by atoms with E-state index in [1.54, 1.807) is 17.2 Å². The van der Waals surface area contributed by atoms with E-state index in [1.807, 2.05) is 11.6 Å². The molecule has 0 saturated carbocycles. The molecular formula is C20H26N4O4.